The average Bonchev–Trinajstić information content (AvgIpc) is 3.12. The predicted molar refractivity (Wildman–Crippen MR) is 82.4 cm³/mol. The molecule has 0 bridgehead atoms. The Kier molecular flexibility index (Phi) is 5.38. The minimum atomic E-state index is -4.85. The Morgan fingerprint density at radius 2 is 1.71 bits per heavy atom. The highest BCUT2D eigenvalue weighted by molar-refractivity contribution is 5.49. The van der Waals surface area contributed by atoms with Crippen LogP contribution in [0.15, 0.2) is 41.1 Å². The zero-order chi connectivity index (χ0) is 20.3. The second kappa shape index (κ2) is 7.74. The number of alkyl halides is 5. The van der Waals surface area contributed by atoms with Crippen LogP contribution in [0.5, 0.6) is 11.8 Å². The van der Waals surface area contributed by atoms with E-state index in [0.29, 0.717) is 0 Å². The highest BCUT2D eigenvalue weighted by atomic mass is 19.4. The quantitative estimate of drug-likeness (QED) is 0.561. The van der Waals surface area contributed by atoms with Gasteiger partial charge in [0.2, 0.25) is 0 Å². The number of aromatic nitrogens is 4. The molecule has 0 spiro atoms. The number of para-hydroxylation sites is 1. The first-order chi connectivity index (χ1) is 13.2. The predicted octanol–water partition coefficient (Wildman–Crippen LogP) is 4.50. The molecule has 148 valence electrons. The molecule has 12 heteroatoms. The second-order valence-electron chi connectivity index (χ2n) is 5.35. The van der Waals surface area contributed by atoms with Crippen molar-refractivity contribution < 1.29 is 35.8 Å². The maximum absolute atomic E-state index is 12.5. The molecule has 2 heterocycles. The van der Waals surface area contributed by atoms with E-state index >= 15 is 0 Å². The zero-order valence-corrected chi connectivity index (χ0v) is 14.0. The summed E-state index contributed by atoms with van der Waals surface area (Å²) in [6.07, 6.45) is -6.26. The first kappa shape index (κ1) is 19.5. The second-order valence-corrected chi connectivity index (χ2v) is 5.35. The van der Waals surface area contributed by atoms with Gasteiger partial charge in [-0.3, -0.25) is 0 Å². The summed E-state index contributed by atoms with van der Waals surface area (Å²) in [5, 5.41) is 6.63. The molecule has 0 radical (unpaired) electrons. The van der Waals surface area contributed by atoms with Crippen LogP contribution in [0.3, 0.4) is 0 Å². The smallest absolute Gasteiger partial charge is 0.455 e. The van der Waals surface area contributed by atoms with Crippen molar-refractivity contribution in [1.29, 1.82) is 0 Å². The maximum atomic E-state index is 12.5. The monoisotopic (exact) mass is 402 g/mol. The van der Waals surface area contributed by atoms with Gasteiger partial charge in [-0.2, -0.15) is 8.78 Å². The third-order valence-corrected chi connectivity index (χ3v) is 3.37. The number of halogens is 5. The Bertz CT molecular complexity index is 931. The summed E-state index contributed by atoms with van der Waals surface area (Å²) in [7, 11) is 0. The Hall–Kier alpha value is -3.31. The molecule has 7 nitrogen and oxygen atoms in total. The lowest BCUT2D eigenvalue weighted by Crippen LogP contribution is -2.19. The lowest BCUT2D eigenvalue weighted by Gasteiger charge is -2.18. The molecule has 28 heavy (non-hydrogen) atoms. The Labute approximate surface area is 154 Å². The van der Waals surface area contributed by atoms with Gasteiger partial charge >= 0.3 is 18.8 Å². The van der Waals surface area contributed by atoms with Gasteiger partial charge in [0, 0.05) is 18.0 Å². The Balaban J connectivity index is 1.74. The standard InChI is InChI=1S/C16H11F5N4O3/c1-8(10-4-2-3-5-11(10)28-16(19,20)21)26-15-22-6-9(7-23-15)13-24-25-14(27-13)12(17)18/h2-8,12H,1H3. The SMILES string of the molecule is CC(Oc1ncc(-c2nnc(C(F)F)o2)cn1)c1ccccc1OC(F)(F)F. The van der Waals surface area contributed by atoms with Crippen LogP contribution in [0, 0.1) is 0 Å². The van der Waals surface area contributed by atoms with Crippen LogP contribution < -0.4 is 9.47 Å². The Morgan fingerprint density at radius 1 is 1.04 bits per heavy atom. The average molecular weight is 402 g/mol. The lowest BCUT2D eigenvalue weighted by atomic mass is 10.1. The van der Waals surface area contributed by atoms with Crippen molar-refractivity contribution in [2.24, 2.45) is 0 Å². The molecule has 0 amide bonds. The van der Waals surface area contributed by atoms with Crippen molar-refractivity contribution in [3.05, 3.63) is 48.1 Å². The van der Waals surface area contributed by atoms with Gasteiger partial charge in [0.1, 0.15) is 11.9 Å². The summed E-state index contributed by atoms with van der Waals surface area (Å²) in [4.78, 5) is 7.73. The number of hydrogen-bond donors (Lipinski definition) is 0. The molecule has 3 aromatic rings. The van der Waals surface area contributed by atoms with Gasteiger partial charge in [-0.25, -0.2) is 9.97 Å². The van der Waals surface area contributed by atoms with E-state index in [1.807, 2.05) is 0 Å². The van der Waals surface area contributed by atoms with Crippen molar-refractivity contribution >= 4 is 0 Å². The first-order valence-corrected chi connectivity index (χ1v) is 7.68. The zero-order valence-electron chi connectivity index (χ0n) is 14.0. The fraction of sp³-hybridized carbons (Fsp3) is 0.250. The molecule has 0 aliphatic heterocycles. The van der Waals surface area contributed by atoms with Crippen molar-refractivity contribution in [1.82, 2.24) is 20.2 Å². The van der Waals surface area contributed by atoms with Crippen LogP contribution in [-0.2, 0) is 0 Å². The van der Waals surface area contributed by atoms with Crippen molar-refractivity contribution in [2.45, 2.75) is 25.8 Å². The summed E-state index contributed by atoms with van der Waals surface area (Å²) in [6.45, 7) is 1.49. The van der Waals surface area contributed by atoms with E-state index < -0.39 is 30.5 Å². The number of ether oxygens (including phenoxy) is 2. The molecule has 0 fully saturated rings. The number of benzene rings is 1. The minimum absolute atomic E-state index is 0.131. The molecule has 1 aromatic carbocycles. The van der Waals surface area contributed by atoms with Gasteiger partial charge in [-0.1, -0.05) is 18.2 Å². The normalized spacial score (nSPS) is 12.8. The van der Waals surface area contributed by atoms with Crippen molar-refractivity contribution in [2.75, 3.05) is 0 Å². The van der Waals surface area contributed by atoms with Gasteiger partial charge in [0.25, 0.3) is 11.8 Å². The third-order valence-electron chi connectivity index (χ3n) is 3.37. The summed E-state index contributed by atoms with van der Waals surface area (Å²) in [6, 6.07) is 5.32. The summed E-state index contributed by atoms with van der Waals surface area (Å²) in [5.74, 6) is -1.46. The van der Waals surface area contributed by atoms with Crippen LogP contribution >= 0.6 is 0 Å². The van der Waals surface area contributed by atoms with Gasteiger partial charge in [0.15, 0.2) is 0 Å². The largest absolute Gasteiger partial charge is 0.573 e. The van der Waals surface area contributed by atoms with Gasteiger partial charge in [-0.05, 0) is 13.0 Å². The van der Waals surface area contributed by atoms with E-state index in [0.717, 1.165) is 6.07 Å². The van der Waals surface area contributed by atoms with Gasteiger partial charge in [-0.15, -0.1) is 23.4 Å². The molecule has 1 atom stereocenters. The fourth-order valence-corrected chi connectivity index (χ4v) is 2.18. The molecule has 0 aliphatic rings. The topological polar surface area (TPSA) is 83.2 Å². The van der Waals surface area contributed by atoms with Crippen LogP contribution in [0.1, 0.15) is 30.9 Å². The molecule has 2 aromatic heterocycles. The Morgan fingerprint density at radius 3 is 2.32 bits per heavy atom. The van der Waals surface area contributed by atoms with Crippen molar-refractivity contribution in [3.8, 4) is 23.2 Å². The van der Waals surface area contributed by atoms with Crippen LogP contribution in [0.4, 0.5) is 22.0 Å². The van der Waals surface area contributed by atoms with E-state index in [2.05, 4.69) is 24.9 Å². The fourth-order valence-electron chi connectivity index (χ4n) is 2.18. The summed E-state index contributed by atoms with van der Waals surface area (Å²) in [5.41, 5.74) is 0.297. The molecule has 3 rings (SSSR count). The van der Waals surface area contributed by atoms with Gasteiger partial charge < -0.3 is 13.9 Å². The molecule has 0 saturated carbocycles. The summed E-state index contributed by atoms with van der Waals surface area (Å²) >= 11 is 0. The lowest BCUT2D eigenvalue weighted by molar-refractivity contribution is -0.275. The van der Waals surface area contributed by atoms with Crippen LogP contribution in [0.25, 0.3) is 11.5 Å². The minimum Gasteiger partial charge on any atom is -0.455 e. The highest BCUT2D eigenvalue weighted by Gasteiger charge is 2.32. The number of hydrogen-bond acceptors (Lipinski definition) is 7. The maximum Gasteiger partial charge on any atom is 0.573 e. The molecule has 0 aliphatic carbocycles. The van der Waals surface area contributed by atoms with E-state index in [9.17, 15) is 22.0 Å². The van der Waals surface area contributed by atoms with E-state index in [1.165, 1.54) is 37.5 Å². The van der Waals surface area contributed by atoms with Crippen molar-refractivity contribution in [3.63, 3.8) is 0 Å². The number of nitrogens with zero attached hydrogens (tertiary/aromatic N) is 4. The third kappa shape index (κ3) is 4.69. The van der Waals surface area contributed by atoms with Crippen LogP contribution in [-0.4, -0.2) is 26.5 Å². The molecular weight excluding hydrogens is 391 g/mol. The highest BCUT2D eigenvalue weighted by Crippen LogP contribution is 2.32. The molecule has 0 saturated heterocycles. The van der Waals surface area contributed by atoms with E-state index in [4.69, 9.17) is 9.15 Å². The molecule has 1 unspecified atom stereocenters. The van der Waals surface area contributed by atoms with Crippen LogP contribution in [0.2, 0.25) is 0 Å². The van der Waals surface area contributed by atoms with Gasteiger partial charge in [0.05, 0.1) is 5.56 Å². The van der Waals surface area contributed by atoms with E-state index in [1.54, 1.807) is 0 Å². The molecular formula is C16H11F5N4O3. The first-order valence-electron chi connectivity index (χ1n) is 7.68. The molecule has 0 N–H and O–H groups in total. The summed E-state index contributed by atoms with van der Waals surface area (Å²) < 4.78 is 76.7. The number of rotatable bonds is 6. The van der Waals surface area contributed by atoms with E-state index in [-0.39, 0.29) is 23.0 Å².